The van der Waals surface area contributed by atoms with E-state index in [1.54, 1.807) is 0 Å². The summed E-state index contributed by atoms with van der Waals surface area (Å²) in [6.07, 6.45) is 53.4. The molecule has 0 aliphatic carbocycles. The van der Waals surface area contributed by atoms with Gasteiger partial charge in [0, 0.05) is 12.8 Å². The number of ether oxygens (including phenoxy) is 3. The van der Waals surface area contributed by atoms with Gasteiger partial charge in [-0.25, -0.2) is 0 Å². The lowest BCUT2D eigenvalue weighted by Gasteiger charge is -2.15. The third-order valence-electron chi connectivity index (χ3n) is 9.74. The van der Waals surface area contributed by atoms with E-state index in [4.69, 9.17) is 14.2 Å². The summed E-state index contributed by atoms with van der Waals surface area (Å²) in [5, 5.41) is 9.58. The van der Waals surface area contributed by atoms with E-state index in [-0.39, 0.29) is 31.6 Å². The molecule has 304 valence electrons. The summed E-state index contributed by atoms with van der Waals surface area (Å²) < 4.78 is 16.3. The third-order valence-corrected chi connectivity index (χ3v) is 9.74. The third kappa shape index (κ3) is 33.8. The van der Waals surface area contributed by atoms with Gasteiger partial charge in [-0.3, -0.25) is 9.59 Å². The quantitative estimate of drug-likeness (QED) is 0.0294. The van der Waals surface area contributed by atoms with Crippen LogP contribution in [0.5, 0.6) is 0 Å². The lowest BCUT2D eigenvalue weighted by Crippen LogP contribution is -2.28. The molecule has 0 radical (unpaired) electrons. The van der Waals surface area contributed by atoms with Crippen molar-refractivity contribution in [1.82, 2.24) is 0 Å². The van der Waals surface area contributed by atoms with Gasteiger partial charge in [0.15, 0.2) is 6.10 Å². The maximum Gasteiger partial charge on any atom is 0.306 e. The molecule has 1 N–H and O–H groups in total. The number of rotatable bonds is 38. The Morgan fingerprint density at radius 3 is 1.45 bits per heavy atom. The lowest BCUT2D eigenvalue weighted by atomic mass is 10.0. The topological polar surface area (TPSA) is 85.4 Å². The molecule has 1 heterocycles. The molecule has 3 atom stereocenters. The predicted molar refractivity (Wildman–Crippen MR) is 223 cm³/mol. The van der Waals surface area contributed by atoms with Crippen LogP contribution in [0.2, 0.25) is 0 Å². The van der Waals surface area contributed by atoms with Crippen molar-refractivity contribution in [2.75, 3.05) is 13.2 Å². The number of carbonyl (C=O) groups excluding carboxylic acids is 2. The van der Waals surface area contributed by atoms with E-state index in [1.165, 1.54) is 103 Å². The smallest absolute Gasteiger partial charge is 0.306 e. The highest BCUT2D eigenvalue weighted by Crippen LogP contribution is 2.29. The maximum atomic E-state index is 12.2. The Kier molecular flexibility index (Phi) is 34.7. The average molecular weight is 741 g/mol. The second kappa shape index (κ2) is 37.9. The molecule has 6 heteroatoms. The van der Waals surface area contributed by atoms with Crippen molar-refractivity contribution >= 4 is 11.9 Å². The Labute approximate surface area is 326 Å². The lowest BCUT2D eigenvalue weighted by molar-refractivity contribution is -0.161. The molecule has 2 unspecified atom stereocenters. The number of carbonyl (C=O) groups is 2. The van der Waals surface area contributed by atoms with E-state index in [2.05, 4.69) is 62.5 Å². The maximum absolute atomic E-state index is 12.2. The van der Waals surface area contributed by atoms with Crippen LogP contribution in [0.15, 0.2) is 60.8 Å². The summed E-state index contributed by atoms with van der Waals surface area (Å²) in [7, 11) is 0. The molecule has 0 aromatic rings. The Morgan fingerprint density at radius 1 is 0.547 bits per heavy atom. The molecule has 1 aliphatic rings. The van der Waals surface area contributed by atoms with Crippen LogP contribution in [0.25, 0.3) is 0 Å². The van der Waals surface area contributed by atoms with Gasteiger partial charge in [-0.05, 0) is 51.4 Å². The molecular formula is C47H80O6. The summed E-state index contributed by atoms with van der Waals surface area (Å²) in [6.45, 7) is 3.96. The Balaban J connectivity index is 1.90. The summed E-state index contributed by atoms with van der Waals surface area (Å²) in [5.41, 5.74) is 0. The normalized spacial score (nSPS) is 16.6. The minimum Gasteiger partial charge on any atom is -0.462 e. The average Bonchev–Trinajstić information content (AvgIpc) is 3.92. The van der Waals surface area contributed by atoms with Gasteiger partial charge in [-0.1, -0.05) is 190 Å². The monoisotopic (exact) mass is 741 g/mol. The minimum absolute atomic E-state index is 0.109. The number of hydrogen-bond donors (Lipinski definition) is 1. The van der Waals surface area contributed by atoms with Crippen LogP contribution in [-0.2, 0) is 23.8 Å². The molecule has 0 saturated carbocycles. The van der Waals surface area contributed by atoms with Crippen LogP contribution in [0, 0.1) is 0 Å². The number of unbranched alkanes of at least 4 members (excludes halogenated alkanes) is 18. The van der Waals surface area contributed by atoms with E-state index in [1.807, 2.05) is 12.2 Å². The zero-order valence-corrected chi connectivity index (χ0v) is 34.2. The summed E-state index contributed by atoms with van der Waals surface area (Å²) in [4.78, 5) is 24.3. The Hall–Kier alpha value is -2.44. The molecule has 0 spiro atoms. The number of aliphatic hydroxyl groups excluding tert-OH is 1. The second-order valence-corrected chi connectivity index (χ2v) is 14.8. The zero-order valence-electron chi connectivity index (χ0n) is 34.2. The summed E-state index contributed by atoms with van der Waals surface area (Å²) >= 11 is 0. The molecular weight excluding hydrogens is 661 g/mol. The van der Waals surface area contributed by atoms with E-state index in [0.29, 0.717) is 25.0 Å². The van der Waals surface area contributed by atoms with Gasteiger partial charge in [0.05, 0.1) is 18.8 Å². The SMILES string of the molecule is CC/C=C\CC1OC1C/C=C\C/C=C\C/C=C\C/C=C\CCC(=O)OC[C@H](CO)OC(=O)CCCCCCCCCCCCCCCCCCCCC. The van der Waals surface area contributed by atoms with Crippen molar-refractivity contribution in [1.29, 1.82) is 0 Å². The molecule has 0 bridgehead atoms. The number of esters is 2. The Bertz CT molecular complexity index is 995. The summed E-state index contributed by atoms with van der Waals surface area (Å²) in [5.74, 6) is -0.689. The van der Waals surface area contributed by atoms with Gasteiger partial charge in [0.1, 0.15) is 6.61 Å². The number of hydrogen-bond acceptors (Lipinski definition) is 6. The van der Waals surface area contributed by atoms with Crippen molar-refractivity contribution in [3.8, 4) is 0 Å². The van der Waals surface area contributed by atoms with Gasteiger partial charge in [-0.15, -0.1) is 0 Å². The minimum atomic E-state index is -0.805. The van der Waals surface area contributed by atoms with E-state index in [9.17, 15) is 14.7 Å². The first-order valence-electron chi connectivity index (χ1n) is 22.0. The molecule has 1 fully saturated rings. The van der Waals surface area contributed by atoms with Crippen molar-refractivity contribution in [2.45, 2.75) is 212 Å². The first-order chi connectivity index (χ1) is 26.1. The fraction of sp³-hybridized carbons (Fsp3) is 0.745. The van der Waals surface area contributed by atoms with Gasteiger partial charge in [-0.2, -0.15) is 0 Å². The fourth-order valence-electron chi connectivity index (χ4n) is 6.33. The molecule has 1 rings (SSSR count). The van der Waals surface area contributed by atoms with Crippen molar-refractivity contribution in [3.05, 3.63) is 60.8 Å². The highest BCUT2D eigenvalue weighted by Gasteiger charge is 2.35. The first kappa shape index (κ1) is 48.6. The molecule has 0 aromatic carbocycles. The second-order valence-electron chi connectivity index (χ2n) is 14.8. The van der Waals surface area contributed by atoms with Crippen LogP contribution in [-0.4, -0.2) is 48.6 Å². The van der Waals surface area contributed by atoms with Gasteiger partial charge in [0.25, 0.3) is 0 Å². The van der Waals surface area contributed by atoms with Gasteiger partial charge >= 0.3 is 11.9 Å². The van der Waals surface area contributed by atoms with Crippen LogP contribution in [0.1, 0.15) is 194 Å². The zero-order chi connectivity index (χ0) is 38.3. The molecule has 1 aliphatic heterocycles. The van der Waals surface area contributed by atoms with Crippen molar-refractivity contribution < 1.29 is 28.9 Å². The highest BCUT2D eigenvalue weighted by atomic mass is 16.6. The van der Waals surface area contributed by atoms with Gasteiger partial charge < -0.3 is 19.3 Å². The number of allylic oxidation sites excluding steroid dienone is 8. The standard InChI is InChI=1S/C47H80O6/c1-3-5-7-8-9-10-11-12-13-14-15-16-17-18-23-26-29-32-36-40-47(50)52-43(41-48)42-51-46(49)39-35-31-28-25-22-20-19-21-24-27-30-34-38-45-44(53-45)37-33-6-4-2/h6,20-22,24,28,30-31,33-34,43-45,48H,3-5,7-19,23,25-27,29,32,35-42H2,1-2H3/b22-20-,24-21-,31-28-,33-6-,34-30-/t43-,44?,45?/m0/s1. The molecule has 1 saturated heterocycles. The van der Waals surface area contributed by atoms with Crippen molar-refractivity contribution in [3.63, 3.8) is 0 Å². The van der Waals surface area contributed by atoms with Crippen molar-refractivity contribution in [2.24, 2.45) is 0 Å². The highest BCUT2D eigenvalue weighted by molar-refractivity contribution is 5.70. The van der Waals surface area contributed by atoms with E-state index < -0.39 is 6.10 Å². The molecule has 6 nitrogen and oxygen atoms in total. The van der Waals surface area contributed by atoms with Crippen LogP contribution in [0.4, 0.5) is 0 Å². The molecule has 53 heavy (non-hydrogen) atoms. The van der Waals surface area contributed by atoms with Crippen LogP contribution < -0.4 is 0 Å². The largest absolute Gasteiger partial charge is 0.462 e. The molecule has 0 amide bonds. The summed E-state index contributed by atoms with van der Waals surface area (Å²) in [6, 6.07) is 0. The van der Waals surface area contributed by atoms with Crippen LogP contribution in [0.3, 0.4) is 0 Å². The fourth-order valence-corrected chi connectivity index (χ4v) is 6.33. The van der Waals surface area contributed by atoms with E-state index in [0.717, 1.165) is 57.8 Å². The number of aliphatic hydroxyl groups is 1. The van der Waals surface area contributed by atoms with E-state index >= 15 is 0 Å². The van der Waals surface area contributed by atoms with Gasteiger partial charge in [0.2, 0.25) is 0 Å². The Morgan fingerprint density at radius 2 is 0.981 bits per heavy atom. The van der Waals surface area contributed by atoms with Crippen LogP contribution >= 0.6 is 0 Å². The number of epoxide rings is 1. The predicted octanol–water partition coefficient (Wildman–Crippen LogP) is 12.9. The first-order valence-corrected chi connectivity index (χ1v) is 22.0. The molecule has 0 aromatic heterocycles.